The van der Waals surface area contributed by atoms with Gasteiger partial charge in [-0.3, -0.25) is 9.78 Å². The number of benzene rings is 2. The van der Waals surface area contributed by atoms with E-state index in [0.29, 0.717) is 34.3 Å². The van der Waals surface area contributed by atoms with Crippen molar-refractivity contribution in [3.05, 3.63) is 58.8 Å². The number of rotatable bonds is 4. The predicted octanol–water partition coefficient (Wildman–Crippen LogP) is 6.32. The largest absolute Gasteiger partial charge is 0.573 e. The highest BCUT2D eigenvalue weighted by molar-refractivity contribution is 6.10. The molecule has 0 unspecified atom stereocenters. The number of alkyl halides is 3. The number of aryl methyl sites for hydroxylation is 3. The van der Waals surface area contributed by atoms with Gasteiger partial charge in [0.15, 0.2) is 5.78 Å². The second-order valence-corrected chi connectivity index (χ2v) is 6.77. The molecule has 28 heavy (non-hydrogen) atoms. The van der Waals surface area contributed by atoms with Crippen LogP contribution in [0.2, 0.25) is 0 Å². The second-order valence-electron chi connectivity index (χ2n) is 6.77. The normalized spacial score (nSPS) is 11.7. The van der Waals surface area contributed by atoms with Crippen LogP contribution in [0.3, 0.4) is 0 Å². The fourth-order valence-corrected chi connectivity index (χ4v) is 3.54. The molecule has 0 bridgehead atoms. The Bertz CT molecular complexity index is 1050. The lowest BCUT2D eigenvalue weighted by Gasteiger charge is -2.17. The molecule has 2 aromatic carbocycles. The van der Waals surface area contributed by atoms with Gasteiger partial charge in [-0.25, -0.2) is 0 Å². The van der Waals surface area contributed by atoms with Crippen molar-refractivity contribution >= 4 is 16.7 Å². The highest BCUT2D eigenvalue weighted by Gasteiger charge is 2.31. The molecule has 3 rings (SSSR count). The van der Waals surface area contributed by atoms with Crippen LogP contribution in [0, 0.1) is 20.8 Å². The molecular weight excluding hydrogens is 367 g/mol. The van der Waals surface area contributed by atoms with Gasteiger partial charge in [-0.15, -0.1) is 13.2 Å². The van der Waals surface area contributed by atoms with E-state index in [2.05, 4.69) is 9.72 Å². The summed E-state index contributed by atoms with van der Waals surface area (Å²) < 4.78 is 41.8. The summed E-state index contributed by atoms with van der Waals surface area (Å²) in [5.74, 6) is -0.229. The van der Waals surface area contributed by atoms with Gasteiger partial charge in [0.05, 0.1) is 5.52 Å². The molecule has 0 spiro atoms. The van der Waals surface area contributed by atoms with Gasteiger partial charge in [-0.1, -0.05) is 25.1 Å². The molecule has 0 saturated heterocycles. The minimum absolute atomic E-state index is 0.0232. The monoisotopic (exact) mass is 387 g/mol. The molecule has 0 aliphatic rings. The van der Waals surface area contributed by atoms with Gasteiger partial charge < -0.3 is 4.74 Å². The summed E-state index contributed by atoms with van der Waals surface area (Å²) in [6, 6.07) is 10.1. The van der Waals surface area contributed by atoms with Crippen molar-refractivity contribution in [3.8, 4) is 16.9 Å². The van der Waals surface area contributed by atoms with Crippen LogP contribution < -0.4 is 4.74 Å². The Labute approximate surface area is 161 Å². The van der Waals surface area contributed by atoms with E-state index in [9.17, 15) is 18.0 Å². The Balaban J connectivity index is 2.25. The number of para-hydroxylation sites is 1. The molecule has 0 radical (unpaired) electrons. The molecule has 0 saturated carbocycles. The average molecular weight is 387 g/mol. The quantitative estimate of drug-likeness (QED) is 0.492. The van der Waals surface area contributed by atoms with Crippen molar-refractivity contribution in [1.29, 1.82) is 0 Å². The number of nitrogens with zero attached hydrogens (tertiary/aromatic N) is 1. The fraction of sp³-hybridized carbons (Fsp3) is 0.273. The topological polar surface area (TPSA) is 39.2 Å². The van der Waals surface area contributed by atoms with E-state index in [0.717, 1.165) is 16.5 Å². The van der Waals surface area contributed by atoms with E-state index in [1.807, 2.05) is 25.1 Å². The van der Waals surface area contributed by atoms with Gasteiger partial charge in [0.25, 0.3) is 0 Å². The standard InChI is InChI=1S/C22H20F3NO2/c1-5-19(27)18-11-14(4)26-21-16(18)7-6-8-17(21)20-12(2)9-15(10-13(20)3)28-22(23,24)25/h6-11H,5H2,1-4H3. The second kappa shape index (κ2) is 7.26. The Morgan fingerprint density at radius 3 is 2.29 bits per heavy atom. The number of carbonyl (C=O) groups excluding carboxylic acids is 1. The maximum Gasteiger partial charge on any atom is 0.573 e. The van der Waals surface area contributed by atoms with Crippen LogP contribution in [0.4, 0.5) is 13.2 Å². The molecule has 146 valence electrons. The smallest absolute Gasteiger partial charge is 0.406 e. The molecule has 0 N–H and O–H groups in total. The maximum atomic E-state index is 12.6. The molecule has 0 atom stereocenters. The number of fused-ring (bicyclic) bond motifs is 1. The number of halogens is 3. The molecule has 3 nitrogen and oxygen atoms in total. The van der Waals surface area contributed by atoms with Crippen LogP contribution >= 0.6 is 0 Å². The molecule has 0 aliphatic heterocycles. The first kappa shape index (κ1) is 19.9. The van der Waals surface area contributed by atoms with E-state index >= 15 is 0 Å². The third kappa shape index (κ3) is 3.86. The molecule has 6 heteroatoms. The highest BCUT2D eigenvalue weighted by Crippen LogP contribution is 2.37. The number of hydrogen-bond acceptors (Lipinski definition) is 3. The first-order chi connectivity index (χ1) is 13.1. The van der Waals surface area contributed by atoms with Crippen molar-refractivity contribution in [2.75, 3.05) is 0 Å². The number of hydrogen-bond donors (Lipinski definition) is 0. The summed E-state index contributed by atoms with van der Waals surface area (Å²) in [6.07, 6.45) is -4.36. The number of carbonyl (C=O) groups is 1. The van der Waals surface area contributed by atoms with Gasteiger partial charge in [0, 0.05) is 28.6 Å². The summed E-state index contributed by atoms with van der Waals surface area (Å²) in [7, 11) is 0. The minimum atomic E-state index is -4.74. The fourth-order valence-electron chi connectivity index (χ4n) is 3.54. The van der Waals surface area contributed by atoms with Crippen molar-refractivity contribution in [3.63, 3.8) is 0 Å². The van der Waals surface area contributed by atoms with Crippen LogP contribution in [-0.2, 0) is 0 Å². The van der Waals surface area contributed by atoms with Gasteiger partial charge in [0.2, 0.25) is 0 Å². The minimum Gasteiger partial charge on any atom is -0.406 e. The third-order valence-electron chi connectivity index (χ3n) is 4.60. The number of ether oxygens (including phenoxy) is 1. The van der Waals surface area contributed by atoms with E-state index in [1.165, 1.54) is 12.1 Å². The molecule has 1 heterocycles. The number of pyridine rings is 1. The summed E-state index contributed by atoms with van der Waals surface area (Å²) in [5.41, 5.74) is 4.82. The lowest BCUT2D eigenvalue weighted by molar-refractivity contribution is -0.274. The zero-order valence-corrected chi connectivity index (χ0v) is 16.1. The van der Waals surface area contributed by atoms with E-state index in [1.54, 1.807) is 26.8 Å². The number of ketones is 1. The average Bonchev–Trinajstić information content (AvgIpc) is 2.58. The summed E-state index contributed by atoms with van der Waals surface area (Å²) in [4.78, 5) is 17.0. The predicted molar refractivity (Wildman–Crippen MR) is 103 cm³/mol. The lowest BCUT2D eigenvalue weighted by Crippen LogP contribution is -2.17. The Kier molecular flexibility index (Phi) is 5.15. The molecule has 0 amide bonds. The van der Waals surface area contributed by atoms with Crippen molar-refractivity contribution in [1.82, 2.24) is 4.98 Å². The zero-order valence-electron chi connectivity index (χ0n) is 16.1. The Morgan fingerprint density at radius 1 is 1.07 bits per heavy atom. The summed E-state index contributed by atoms with van der Waals surface area (Å²) >= 11 is 0. The third-order valence-corrected chi connectivity index (χ3v) is 4.60. The summed E-state index contributed by atoms with van der Waals surface area (Å²) in [6.45, 7) is 7.10. The van der Waals surface area contributed by atoms with Crippen LogP contribution in [-0.4, -0.2) is 17.1 Å². The van der Waals surface area contributed by atoms with Crippen molar-refractivity contribution in [2.24, 2.45) is 0 Å². The molecule has 1 aromatic heterocycles. The summed E-state index contributed by atoms with van der Waals surface area (Å²) in [5, 5.41) is 0.740. The maximum absolute atomic E-state index is 12.6. The van der Waals surface area contributed by atoms with Gasteiger partial charge in [0.1, 0.15) is 5.75 Å². The molecule has 3 aromatic rings. The SMILES string of the molecule is CCC(=O)c1cc(C)nc2c(-c3c(C)cc(OC(F)(F)F)cc3C)cccc12. The molecular formula is C22H20F3NO2. The highest BCUT2D eigenvalue weighted by atomic mass is 19.4. The van der Waals surface area contributed by atoms with Crippen molar-refractivity contribution in [2.45, 2.75) is 40.5 Å². The van der Waals surface area contributed by atoms with E-state index in [4.69, 9.17) is 0 Å². The van der Waals surface area contributed by atoms with Crippen LogP contribution in [0.5, 0.6) is 5.75 Å². The number of Topliss-reactive ketones (excluding diaryl/α,β-unsaturated/α-hetero) is 1. The van der Waals surface area contributed by atoms with E-state index < -0.39 is 6.36 Å². The molecule has 0 fully saturated rings. The lowest BCUT2D eigenvalue weighted by atomic mass is 9.91. The van der Waals surface area contributed by atoms with Crippen molar-refractivity contribution < 1.29 is 22.7 Å². The zero-order chi connectivity index (χ0) is 20.6. The van der Waals surface area contributed by atoms with E-state index in [-0.39, 0.29) is 11.5 Å². The Hall–Kier alpha value is -2.89. The van der Waals surface area contributed by atoms with Gasteiger partial charge in [-0.2, -0.15) is 0 Å². The van der Waals surface area contributed by atoms with Crippen LogP contribution in [0.15, 0.2) is 36.4 Å². The first-order valence-corrected chi connectivity index (χ1v) is 8.91. The van der Waals surface area contributed by atoms with Gasteiger partial charge >= 0.3 is 6.36 Å². The van der Waals surface area contributed by atoms with Crippen LogP contribution in [0.1, 0.15) is 40.5 Å². The molecule has 0 aliphatic carbocycles. The van der Waals surface area contributed by atoms with Crippen LogP contribution in [0.25, 0.3) is 22.0 Å². The first-order valence-electron chi connectivity index (χ1n) is 8.91. The van der Waals surface area contributed by atoms with Gasteiger partial charge in [-0.05, 0) is 55.7 Å². The number of aromatic nitrogens is 1. The Morgan fingerprint density at radius 2 is 1.71 bits per heavy atom.